The number of carbonyl (C=O) groups is 1. The molecule has 0 fully saturated rings. The average molecular weight is 295 g/mol. The van der Waals surface area contributed by atoms with Crippen molar-refractivity contribution < 1.29 is 9.90 Å². The van der Waals surface area contributed by atoms with Gasteiger partial charge >= 0.3 is 0 Å². The molecule has 0 saturated heterocycles. The van der Waals surface area contributed by atoms with Crippen molar-refractivity contribution in [2.45, 2.75) is 19.8 Å². The van der Waals surface area contributed by atoms with Gasteiger partial charge in [0, 0.05) is 35.3 Å². The van der Waals surface area contributed by atoms with Crippen molar-refractivity contribution in [1.29, 1.82) is 0 Å². The summed E-state index contributed by atoms with van der Waals surface area (Å²) in [5, 5.41) is 13.4. The van der Waals surface area contributed by atoms with E-state index in [9.17, 15) is 4.79 Å². The minimum absolute atomic E-state index is 0.0179. The van der Waals surface area contributed by atoms with E-state index in [1.54, 1.807) is 0 Å². The largest absolute Gasteiger partial charge is 0.396 e. The third-order valence-electron chi connectivity index (χ3n) is 3.35. The van der Waals surface area contributed by atoms with Crippen LogP contribution in [-0.4, -0.2) is 29.1 Å². The van der Waals surface area contributed by atoms with Gasteiger partial charge in [0.05, 0.1) is 6.42 Å². The average Bonchev–Trinajstić information content (AvgIpc) is 2.79. The Morgan fingerprint density at radius 3 is 3.05 bits per heavy atom. The van der Waals surface area contributed by atoms with Crippen molar-refractivity contribution in [2.24, 2.45) is 5.92 Å². The number of aromatic nitrogens is 1. The molecule has 1 atom stereocenters. The number of aliphatic hydroxyl groups excluding tert-OH is 1. The Balaban J connectivity index is 1.98. The molecule has 0 aliphatic rings. The highest BCUT2D eigenvalue weighted by atomic mass is 35.5. The Kier molecular flexibility index (Phi) is 5.04. The van der Waals surface area contributed by atoms with Gasteiger partial charge in [-0.2, -0.15) is 0 Å². The summed E-state index contributed by atoms with van der Waals surface area (Å²) in [7, 11) is 0. The summed E-state index contributed by atoms with van der Waals surface area (Å²) in [6.07, 6.45) is 2.87. The Labute approximate surface area is 123 Å². The second-order valence-corrected chi connectivity index (χ2v) is 5.54. The number of carbonyl (C=O) groups excluding carboxylic acids is 1. The summed E-state index contributed by atoms with van der Waals surface area (Å²) in [5.74, 6) is 0.261. The Bertz CT molecular complexity index is 595. The summed E-state index contributed by atoms with van der Waals surface area (Å²) in [6.45, 7) is 2.74. The zero-order chi connectivity index (χ0) is 14.5. The lowest BCUT2D eigenvalue weighted by molar-refractivity contribution is -0.120. The van der Waals surface area contributed by atoms with Crippen molar-refractivity contribution in [3.05, 3.63) is 35.0 Å². The fourth-order valence-corrected chi connectivity index (χ4v) is 2.31. The number of aromatic amines is 1. The molecule has 1 aromatic carbocycles. The highest BCUT2D eigenvalue weighted by Gasteiger charge is 2.10. The van der Waals surface area contributed by atoms with Gasteiger partial charge in [-0.25, -0.2) is 0 Å². The van der Waals surface area contributed by atoms with E-state index in [-0.39, 0.29) is 18.4 Å². The van der Waals surface area contributed by atoms with Gasteiger partial charge in [-0.15, -0.1) is 0 Å². The normalized spacial score (nSPS) is 12.6. The first-order valence-corrected chi connectivity index (χ1v) is 7.11. The minimum atomic E-state index is -0.0179. The van der Waals surface area contributed by atoms with Gasteiger partial charge in [-0.1, -0.05) is 18.5 Å². The number of nitrogens with one attached hydrogen (secondary N) is 2. The lowest BCUT2D eigenvalue weighted by Crippen LogP contribution is -2.29. The van der Waals surface area contributed by atoms with Crippen LogP contribution in [0.15, 0.2) is 24.4 Å². The van der Waals surface area contributed by atoms with Crippen LogP contribution in [0, 0.1) is 5.92 Å². The standard InChI is InChI=1S/C15H19ClN2O2/c1-10(4-5-19)8-18-15(20)6-11-9-17-14-3-2-12(16)7-13(11)14/h2-3,7,9-10,17,19H,4-6,8H2,1H3,(H,18,20). The van der Waals surface area contributed by atoms with Crippen molar-refractivity contribution in [2.75, 3.05) is 13.2 Å². The van der Waals surface area contributed by atoms with Crippen molar-refractivity contribution >= 4 is 28.4 Å². The van der Waals surface area contributed by atoms with Gasteiger partial charge in [-0.3, -0.25) is 4.79 Å². The van der Waals surface area contributed by atoms with Crippen LogP contribution in [0.25, 0.3) is 10.9 Å². The van der Waals surface area contributed by atoms with E-state index in [1.165, 1.54) is 0 Å². The third kappa shape index (κ3) is 3.74. The van der Waals surface area contributed by atoms with Crippen LogP contribution in [0.1, 0.15) is 18.9 Å². The van der Waals surface area contributed by atoms with E-state index >= 15 is 0 Å². The number of amides is 1. The first-order valence-electron chi connectivity index (χ1n) is 6.73. The van der Waals surface area contributed by atoms with Crippen LogP contribution in [0.3, 0.4) is 0 Å². The molecule has 1 unspecified atom stereocenters. The number of H-pyrrole nitrogens is 1. The molecule has 0 radical (unpaired) electrons. The van der Waals surface area contributed by atoms with Gasteiger partial charge in [0.25, 0.3) is 0 Å². The molecule has 108 valence electrons. The molecule has 1 heterocycles. The number of aliphatic hydroxyl groups is 1. The molecule has 1 amide bonds. The van der Waals surface area contributed by atoms with Crippen LogP contribution < -0.4 is 5.32 Å². The van der Waals surface area contributed by atoms with E-state index in [4.69, 9.17) is 16.7 Å². The number of hydrogen-bond acceptors (Lipinski definition) is 2. The molecular formula is C15H19ClN2O2. The number of halogens is 1. The molecule has 2 aromatic rings. The molecule has 5 heteroatoms. The summed E-state index contributed by atoms with van der Waals surface area (Å²) in [6, 6.07) is 5.59. The maximum atomic E-state index is 11.9. The molecule has 3 N–H and O–H groups in total. The summed E-state index contributed by atoms with van der Waals surface area (Å²) in [4.78, 5) is 15.1. The Hall–Kier alpha value is -1.52. The molecular weight excluding hydrogens is 276 g/mol. The smallest absolute Gasteiger partial charge is 0.224 e. The zero-order valence-electron chi connectivity index (χ0n) is 11.4. The predicted octanol–water partition coefficient (Wildman–Crippen LogP) is 2.50. The third-order valence-corrected chi connectivity index (χ3v) is 3.59. The van der Waals surface area contributed by atoms with Crippen LogP contribution in [0.2, 0.25) is 5.02 Å². The first-order chi connectivity index (χ1) is 9.60. The van der Waals surface area contributed by atoms with Crippen LogP contribution in [0.4, 0.5) is 0 Å². The van der Waals surface area contributed by atoms with Gasteiger partial charge in [0.2, 0.25) is 5.91 Å². The van der Waals surface area contributed by atoms with Gasteiger partial charge < -0.3 is 15.4 Å². The molecule has 0 saturated carbocycles. The molecule has 4 nitrogen and oxygen atoms in total. The Morgan fingerprint density at radius 2 is 2.30 bits per heavy atom. The van der Waals surface area contributed by atoms with Crippen LogP contribution >= 0.6 is 11.6 Å². The fourth-order valence-electron chi connectivity index (χ4n) is 2.14. The van der Waals surface area contributed by atoms with Crippen molar-refractivity contribution in [3.8, 4) is 0 Å². The first kappa shape index (κ1) is 14.9. The van der Waals surface area contributed by atoms with Gasteiger partial charge in [-0.05, 0) is 36.1 Å². The number of hydrogen-bond donors (Lipinski definition) is 3. The predicted molar refractivity (Wildman–Crippen MR) is 80.9 cm³/mol. The number of rotatable bonds is 6. The molecule has 0 spiro atoms. The lowest BCUT2D eigenvalue weighted by atomic mass is 10.1. The maximum Gasteiger partial charge on any atom is 0.224 e. The summed E-state index contributed by atoms with van der Waals surface area (Å²) >= 11 is 5.98. The summed E-state index contributed by atoms with van der Waals surface area (Å²) in [5.41, 5.74) is 1.92. The van der Waals surface area contributed by atoms with Gasteiger partial charge in [0.1, 0.15) is 0 Å². The summed E-state index contributed by atoms with van der Waals surface area (Å²) < 4.78 is 0. The van der Waals surface area contributed by atoms with E-state index < -0.39 is 0 Å². The molecule has 2 rings (SSSR count). The monoisotopic (exact) mass is 294 g/mol. The van der Waals surface area contributed by atoms with Crippen LogP contribution in [0.5, 0.6) is 0 Å². The minimum Gasteiger partial charge on any atom is -0.396 e. The van der Waals surface area contributed by atoms with E-state index in [0.717, 1.165) is 16.5 Å². The van der Waals surface area contributed by atoms with E-state index in [2.05, 4.69) is 10.3 Å². The van der Waals surface area contributed by atoms with Crippen molar-refractivity contribution in [1.82, 2.24) is 10.3 Å². The van der Waals surface area contributed by atoms with Crippen molar-refractivity contribution in [3.63, 3.8) is 0 Å². The molecule has 20 heavy (non-hydrogen) atoms. The molecule has 0 aliphatic heterocycles. The molecule has 1 aromatic heterocycles. The number of fused-ring (bicyclic) bond motifs is 1. The number of benzene rings is 1. The fraction of sp³-hybridized carbons (Fsp3) is 0.400. The highest BCUT2D eigenvalue weighted by molar-refractivity contribution is 6.31. The topological polar surface area (TPSA) is 65.1 Å². The second kappa shape index (κ2) is 6.77. The second-order valence-electron chi connectivity index (χ2n) is 5.10. The highest BCUT2D eigenvalue weighted by Crippen LogP contribution is 2.22. The van der Waals surface area contributed by atoms with Crippen LogP contribution in [-0.2, 0) is 11.2 Å². The Morgan fingerprint density at radius 1 is 1.50 bits per heavy atom. The molecule has 0 bridgehead atoms. The lowest BCUT2D eigenvalue weighted by Gasteiger charge is -2.10. The molecule has 0 aliphatic carbocycles. The maximum absolute atomic E-state index is 11.9. The van der Waals surface area contributed by atoms with E-state index in [0.29, 0.717) is 24.4 Å². The SMILES string of the molecule is CC(CCO)CNC(=O)Cc1c[nH]c2ccc(Cl)cc12. The van der Waals surface area contributed by atoms with Gasteiger partial charge in [0.15, 0.2) is 0 Å². The zero-order valence-corrected chi connectivity index (χ0v) is 12.2. The van der Waals surface area contributed by atoms with E-state index in [1.807, 2.05) is 31.3 Å². The quantitative estimate of drug-likeness (QED) is 0.766.